The monoisotopic (exact) mass is 728 g/mol. The number of aliphatic hydroxyl groups is 2. The summed E-state index contributed by atoms with van der Waals surface area (Å²) in [6.07, 6.45) is 20.8. The third kappa shape index (κ3) is 6.87. The van der Waals surface area contributed by atoms with Crippen LogP contribution in [0.2, 0.25) is 0 Å². The topological polar surface area (TPSA) is 77.4 Å². The van der Waals surface area contributed by atoms with Crippen molar-refractivity contribution < 1.29 is 29.2 Å². The van der Waals surface area contributed by atoms with Gasteiger partial charge in [-0.05, 0) is 132 Å². The standard InChI is InChI=1S/C37H61IO6/c1-35(40,24-39)17-8-9-25(23-38)29-14-15-30-28-13-12-26-21-27(43-33-10-4-6-19-41-33)22-32(44-34-11-5-7-20-42-34)37(26,3)31(28)16-18-36(29,30)2/h12,25,27-34,39-40H,4-11,13-24H2,1-3H3/t25-,27+,28-,29+,30-,31-,32-,33?,34?,35-,36+,37-/m0/s1. The van der Waals surface area contributed by atoms with E-state index in [0.29, 0.717) is 23.7 Å². The second kappa shape index (κ2) is 14.4. The summed E-state index contributed by atoms with van der Waals surface area (Å²) in [6.45, 7) is 8.46. The minimum Gasteiger partial charge on any atom is -0.393 e. The molecule has 6 nitrogen and oxygen atoms in total. The van der Waals surface area contributed by atoms with Gasteiger partial charge < -0.3 is 29.2 Å². The van der Waals surface area contributed by atoms with E-state index in [1.54, 1.807) is 12.5 Å². The van der Waals surface area contributed by atoms with Gasteiger partial charge in [-0.15, -0.1) is 0 Å². The number of hydrogen-bond acceptors (Lipinski definition) is 6. The first-order valence-corrected chi connectivity index (χ1v) is 19.8. The molecule has 0 radical (unpaired) electrons. The van der Waals surface area contributed by atoms with Crippen LogP contribution in [0.25, 0.3) is 0 Å². The molecule has 0 aromatic heterocycles. The zero-order chi connectivity index (χ0) is 31.0. The number of fused-ring (bicyclic) bond motifs is 5. The molecule has 0 aromatic rings. The Labute approximate surface area is 280 Å². The quantitative estimate of drug-likeness (QED) is 0.128. The Bertz CT molecular complexity index is 975. The van der Waals surface area contributed by atoms with Gasteiger partial charge in [-0.1, -0.05) is 54.5 Å². The molecule has 2 aliphatic heterocycles. The smallest absolute Gasteiger partial charge is 0.157 e. The maximum absolute atomic E-state index is 10.4. The number of aliphatic hydroxyl groups excluding tert-OH is 1. The van der Waals surface area contributed by atoms with E-state index in [1.807, 2.05) is 0 Å². The highest BCUT2D eigenvalue weighted by Crippen LogP contribution is 2.68. The largest absolute Gasteiger partial charge is 0.393 e. The van der Waals surface area contributed by atoms with Crippen LogP contribution in [0.3, 0.4) is 0 Å². The fraction of sp³-hybridized carbons (Fsp3) is 0.946. The Kier molecular flexibility index (Phi) is 11.1. The summed E-state index contributed by atoms with van der Waals surface area (Å²) in [4.78, 5) is 0. The van der Waals surface area contributed by atoms with E-state index in [4.69, 9.17) is 18.9 Å². The van der Waals surface area contributed by atoms with Crippen LogP contribution >= 0.6 is 22.6 Å². The number of halogens is 1. The van der Waals surface area contributed by atoms with E-state index in [-0.39, 0.29) is 36.8 Å². The number of hydrogen-bond donors (Lipinski definition) is 2. The maximum atomic E-state index is 10.4. The minimum absolute atomic E-state index is 0.0367. The lowest BCUT2D eigenvalue weighted by Crippen LogP contribution is -2.57. The lowest BCUT2D eigenvalue weighted by molar-refractivity contribution is -0.248. The van der Waals surface area contributed by atoms with Crippen molar-refractivity contribution in [3.8, 4) is 0 Å². The van der Waals surface area contributed by atoms with Crippen LogP contribution in [-0.2, 0) is 18.9 Å². The molecule has 0 amide bonds. The van der Waals surface area contributed by atoms with Crippen LogP contribution < -0.4 is 0 Å². The summed E-state index contributed by atoms with van der Waals surface area (Å²) in [7, 11) is 0. The van der Waals surface area contributed by atoms with E-state index in [0.717, 1.165) is 82.3 Å². The molecule has 0 bridgehead atoms. The van der Waals surface area contributed by atoms with Crippen LogP contribution in [0, 0.1) is 40.4 Å². The summed E-state index contributed by atoms with van der Waals surface area (Å²) in [5, 5.41) is 19.9. The Morgan fingerprint density at radius 1 is 1.00 bits per heavy atom. The predicted octanol–water partition coefficient (Wildman–Crippen LogP) is 7.96. The third-order valence-electron chi connectivity index (χ3n) is 13.5. The molecule has 2 N–H and O–H groups in total. The molecule has 7 heteroatoms. The van der Waals surface area contributed by atoms with Crippen molar-refractivity contribution in [1.82, 2.24) is 0 Å². The summed E-state index contributed by atoms with van der Waals surface area (Å²) in [6, 6.07) is 0. The second-order valence-corrected chi connectivity index (χ2v) is 17.1. The van der Waals surface area contributed by atoms with E-state index in [1.165, 1.54) is 49.4 Å². The maximum Gasteiger partial charge on any atom is 0.157 e. The predicted molar refractivity (Wildman–Crippen MR) is 181 cm³/mol. The van der Waals surface area contributed by atoms with Crippen molar-refractivity contribution in [2.75, 3.05) is 24.2 Å². The van der Waals surface area contributed by atoms with E-state index < -0.39 is 5.60 Å². The Morgan fingerprint density at radius 3 is 2.39 bits per heavy atom. The van der Waals surface area contributed by atoms with Crippen molar-refractivity contribution in [2.45, 2.75) is 154 Å². The molecule has 2 heterocycles. The average molecular weight is 729 g/mol. The van der Waals surface area contributed by atoms with Crippen molar-refractivity contribution in [3.63, 3.8) is 0 Å². The Hall–Kier alpha value is 0.230. The molecule has 2 saturated heterocycles. The van der Waals surface area contributed by atoms with Crippen molar-refractivity contribution in [3.05, 3.63) is 11.6 Å². The van der Waals surface area contributed by atoms with Crippen molar-refractivity contribution in [1.29, 1.82) is 0 Å². The third-order valence-corrected chi connectivity index (χ3v) is 14.7. The molecule has 3 saturated carbocycles. The zero-order valence-electron chi connectivity index (χ0n) is 27.8. The lowest BCUT2D eigenvalue weighted by Gasteiger charge is -2.60. The molecule has 44 heavy (non-hydrogen) atoms. The van der Waals surface area contributed by atoms with Crippen molar-refractivity contribution in [2.24, 2.45) is 40.4 Å². The van der Waals surface area contributed by atoms with Gasteiger partial charge >= 0.3 is 0 Å². The molecule has 252 valence electrons. The molecule has 0 spiro atoms. The summed E-state index contributed by atoms with van der Waals surface area (Å²) in [5.41, 5.74) is 1.06. The van der Waals surface area contributed by atoms with Gasteiger partial charge in [0.1, 0.15) is 0 Å². The highest BCUT2D eigenvalue weighted by atomic mass is 127. The molecule has 4 aliphatic carbocycles. The van der Waals surface area contributed by atoms with Gasteiger partial charge in [-0.2, -0.15) is 0 Å². The molecule has 5 fully saturated rings. The van der Waals surface area contributed by atoms with E-state index in [9.17, 15) is 10.2 Å². The van der Waals surface area contributed by atoms with E-state index >= 15 is 0 Å². The molecule has 0 aromatic carbocycles. The number of ether oxygens (including phenoxy) is 4. The Morgan fingerprint density at radius 2 is 1.73 bits per heavy atom. The van der Waals surface area contributed by atoms with Gasteiger partial charge in [0.05, 0.1) is 24.4 Å². The van der Waals surface area contributed by atoms with Crippen LogP contribution in [0.5, 0.6) is 0 Å². The number of rotatable bonds is 11. The number of alkyl halides is 1. The van der Waals surface area contributed by atoms with Gasteiger partial charge in [-0.25, -0.2) is 0 Å². The molecule has 6 rings (SSSR count). The first kappa shape index (κ1) is 34.1. The average Bonchev–Trinajstić information content (AvgIpc) is 3.38. The van der Waals surface area contributed by atoms with E-state index in [2.05, 4.69) is 42.5 Å². The lowest BCUT2D eigenvalue weighted by atomic mass is 9.46. The van der Waals surface area contributed by atoms with Gasteiger partial charge in [0.15, 0.2) is 12.6 Å². The molecule has 12 atom stereocenters. The highest BCUT2D eigenvalue weighted by molar-refractivity contribution is 14.1. The van der Waals surface area contributed by atoms with Gasteiger partial charge in [0.25, 0.3) is 0 Å². The second-order valence-electron chi connectivity index (χ2n) is 16.2. The Balaban J connectivity index is 1.20. The molecule has 2 unspecified atom stereocenters. The van der Waals surface area contributed by atoms with Crippen LogP contribution in [0.1, 0.15) is 124 Å². The van der Waals surface area contributed by atoms with Crippen molar-refractivity contribution >= 4 is 22.6 Å². The molecular formula is C37H61IO6. The number of allylic oxidation sites excluding steroid dienone is 1. The van der Waals surface area contributed by atoms with Crippen LogP contribution in [0.15, 0.2) is 11.6 Å². The first-order chi connectivity index (χ1) is 21.2. The summed E-state index contributed by atoms with van der Waals surface area (Å²) >= 11 is 2.62. The minimum atomic E-state index is -0.952. The SMILES string of the molecule is C[C@@](O)(CO)CCC[C@@H](CI)[C@H]1CC[C@H]2[C@@H]3CC=C4C[C@@H](OC5CCCCO5)C[C@H](OC5CCCCO5)[C@]4(C)[C@H]3CC[C@]12C. The summed E-state index contributed by atoms with van der Waals surface area (Å²) < 4.78 is 27.1. The van der Waals surface area contributed by atoms with Crippen LogP contribution in [-0.4, -0.2) is 64.9 Å². The fourth-order valence-electron chi connectivity index (χ4n) is 11.0. The first-order valence-electron chi connectivity index (χ1n) is 18.3. The van der Waals surface area contributed by atoms with Gasteiger partial charge in [0, 0.05) is 29.5 Å². The fourth-order valence-corrected chi connectivity index (χ4v) is 12.1. The zero-order valence-corrected chi connectivity index (χ0v) is 30.0. The molecular weight excluding hydrogens is 667 g/mol. The van der Waals surface area contributed by atoms with Crippen LogP contribution in [0.4, 0.5) is 0 Å². The highest BCUT2D eigenvalue weighted by Gasteiger charge is 2.62. The van der Waals surface area contributed by atoms with Gasteiger partial charge in [0.2, 0.25) is 0 Å². The summed E-state index contributed by atoms with van der Waals surface area (Å²) in [5.74, 6) is 3.58. The molecule has 6 aliphatic rings. The van der Waals surface area contributed by atoms with Gasteiger partial charge in [-0.3, -0.25) is 0 Å². The normalized spacial score (nSPS) is 44.5.